The quantitative estimate of drug-likeness (QED) is 0.910. The highest BCUT2D eigenvalue weighted by atomic mass is 35.5. The molecule has 19 heavy (non-hydrogen) atoms. The molecule has 0 saturated carbocycles. The van der Waals surface area contributed by atoms with Crippen LogP contribution in [0, 0.1) is 0 Å². The first-order valence-electron chi connectivity index (χ1n) is 7.04. The molecule has 0 radical (unpaired) electrons. The maximum absolute atomic E-state index is 6.14. The zero-order valence-corrected chi connectivity index (χ0v) is 12.8. The summed E-state index contributed by atoms with van der Waals surface area (Å²) >= 11 is 8.07. The monoisotopic (exact) mass is 297 g/mol. The van der Waals surface area contributed by atoms with Gasteiger partial charge in [-0.1, -0.05) is 11.6 Å². The third-order valence-electron chi connectivity index (χ3n) is 4.00. The van der Waals surface area contributed by atoms with Crippen molar-refractivity contribution in [3.05, 3.63) is 28.8 Å². The van der Waals surface area contributed by atoms with Crippen molar-refractivity contribution in [3.63, 3.8) is 0 Å². The molecule has 3 unspecified atom stereocenters. The molecule has 2 nitrogen and oxygen atoms in total. The third-order valence-corrected chi connectivity index (χ3v) is 5.36. The van der Waals surface area contributed by atoms with Gasteiger partial charge in [-0.25, -0.2) is 0 Å². The van der Waals surface area contributed by atoms with Crippen LogP contribution in [0.2, 0.25) is 5.02 Å². The third kappa shape index (κ3) is 3.10. The predicted molar refractivity (Wildman–Crippen MR) is 81.1 cm³/mol. The molecule has 1 N–H and O–H groups in total. The maximum atomic E-state index is 6.14. The average molecular weight is 298 g/mol. The van der Waals surface area contributed by atoms with E-state index in [0.717, 1.165) is 18.1 Å². The summed E-state index contributed by atoms with van der Waals surface area (Å²) in [6.45, 7) is 3.15. The Morgan fingerprint density at radius 1 is 1.42 bits per heavy atom. The van der Waals surface area contributed by atoms with Crippen molar-refractivity contribution >= 4 is 23.4 Å². The summed E-state index contributed by atoms with van der Waals surface area (Å²) in [7, 11) is 0. The second kappa shape index (κ2) is 6.04. The fourth-order valence-electron chi connectivity index (χ4n) is 2.96. The molecule has 4 heteroatoms. The summed E-state index contributed by atoms with van der Waals surface area (Å²) in [6.07, 6.45) is 3.91. The Kier molecular flexibility index (Phi) is 4.37. The van der Waals surface area contributed by atoms with Gasteiger partial charge in [-0.05, 0) is 55.7 Å². The van der Waals surface area contributed by atoms with Gasteiger partial charge in [0.1, 0.15) is 0 Å². The molecule has 3 atom stereocenters. The molecular weight excluding hydrogens is 278 g/mol. The van der Waals surface area contributed by atoms with Gasteiger partial charge in [0.2, 0.25) is 0 Å². The number of nitrogens with one attached hydrogen (secondary N) is 1. The van der Waals surface area contributed by atoms with Crippen LogP contribution in [0.15, 0.2) is 23.1 Å². The van der Waals surface area contributed by atoms with Gasteiger partial charge in [0, 0.05) is 28.6 Å². The predicted octanol–water partition coefficient (Wildman–Crippen LogP) is 4.03. The highest BCUT2D eigenvalue weighted by molar-refractivity contribution is 7.99. The van der Waals surface area contributed by atoms with E-state index >= 15 is 0 Å². The number of hydrogen-bond donors (Lipinski definition) is 1. The van der Waals surface area contributed by atoms with Crippen LogP contribution in [-0.2, 0) is 4.74 Å². The smallest absolute Gasteiger partial charge is 0.0726 e. The van der Waals surface area contributed by atoms with Crippen molar-refractivity contribution in [2.45, 2.75) is 49.3 Å². The Morgan fingerprint density at radius 2 is 2.32 bits per heavy atom. The van der Waals surface area contributed by atoms with Crippen molar-refractivity contribution in [1.82, 2.24) is 5.32 Å². The first kappa shape index (κ1) is 13.7. The zero-order chi connectivity index (χ0) is 13.2. The number of fused-ring (bicyclic) bond motifs is 1. The van der Waals surface area contributed by atoms with E-state index in [9.17, 15) is 0 Å². The van der Waals surface area contributed by atoms with Crippen molar-refractivity contribution in [2.24, 2.45) is 0 Å². The molecular formula is C15H20ClNOS. The lowest BCUT2D eigenvalue weighted by atomic mass is 10.0. The van der Waals surface area contributed by atoms with E-state index in [0.29, 0.717) is 18.2 Å². The molecule has 1 aromatic rings. The van der Waals surface area contributed by atoms with Crippen LogP contribution in [0.5, 0.6) is 0 Å². The second-order valence-electron chi connectivity index (χ2n) is 5.38. The van der Waals surface area contributed by atoms with E-state index in [2.05, 4.69) is 24.4 Å². The van der Waals surface area contributed by atoms with Crippen LogP contribution in [0.4, 0.5) is 0 Å². The first-order valence-corrected chi connectivity index (χ1v) is 8.40. The SMILES string of the molecule is CC(NC1CCSc2ccc(Cl)cc21)C1CCCO1. The summed E-state index contributed by atoms with van der Waals surface area (Å²) in [5, 5.41) is 4.58. The van der Waals surface area contributed by atoms with E-state index in [4.69, 9.17) is 16.3 Å². The van der Waals surface area contributed by atoms with Gasteiger partial charge in [0.05, 0.1) is 6.10 Å². The van der Waals surface area contributed by atoms with E-state index in [-0.39, 0.29) is 0 Å². The van der Waals surface area contributed by atoms with E-state index in [1.807, 2.05) is 17.8 Å². The highest BCUT2D eigenvalue weighted by Gasteiger charge is 2.27. The van der Waals surface area contributed by atoms with Crippen molar-refractivity contribution in [2.75, 3.05) is 12.4 Å². The molecule has 2 heterocycles. The number of rotatable bonds is 3. The van der Waals surface area contributed by atoms with Gasteiger partial charge in [-0.2, -0.15) is 0 Å². The summed E-state index contributed by atoms with van der Waals surface area (Å²) in [5.41, 5.74) is 1.36. The fourth-order valence-corrected chi connectivity index (χ4v) is 4.25. The van der Waals surface area contributed by atoms with Crippen LogP contribution >= 0.6 is 23.4 Å². The molecule has 0 aliphatic carbocycles. The normalized spacial score (nSPS) is 28.1. The number of benzene rings is 1. The molecule has 0 amide bonds. The number of thioether (sulfide) groups is 1. The first-order chi connectivity index (χ1) is 9.24. The number of ether oxygens (including phenoxy) is 1. The van der Waals surface area contributed by atoms with Gasteiger partial charge >= 0.3 is 0 Å². The minimum Gasteiger partial charge on any atom is -0.377 e. The Balaban J connectivity index is 1.73. The highest BCUT2D eigenvalue weighted by Crippen LogP contribution is 2.38. The topological polar surface area (TPSA) is 21.3 Å². The summed E-state index contributed by atoms with van der Waals surface area (Å²) < 4.78 is 5.77. The van der Waals surface area contributed by atoms with Crippen LogP contribution in [-0.4, -0.2) is 24.5 Å². The standard InChI is InChI=1S/C15H20ClNOS/c1-10(14-3-2-7-18-14)17-13-6-8-19-15-5-4-11(16)9-12(13)15/h4-5,9-10,13-14,17H,2-3,6-8H2,1H3. The summed E-state index contributed by atoms with van der Waals surface area (Å²) in [6, 6.07) is 7.06. The molecule has 0 spiro atoms. The van der Waals surface area contributed by atoms with Gasteiger partial charge in [0.25, 0.3) is 0 Å². The second-order valence-corrected chi connectivity index (χ2v) is 6.95. The van der Waals surface area contributed by atoms with Gasteiger partial charge < -0.3 is 10.1 Å². The summed E-state index contributed by atoms with van der Waals surface area (Å²) in [4.78, 5) is 1.37. The Labute approximate surface area is 124 Å². The number of halogens is 1. The van der Waals surface area contributed by atoms with Crippen LogP contribution in [0.1, 0.15) is 37.8 Å². The van der Waals surface area contributed by atoms with Gasteiger partial charge in [-0.15, -0.1) is 11.8 Å². The molecule has 1 aromatic carbocycles. The van der Waals surface area contributed by atoms with E-state index in [1.165, 1.54) is 29.1 Å². The van der Waals surface area contributed by atoms with Gasteiger partial charge in [-0.3, -0.25) is 0 Å². The van der Waals surface area contributed by atoms with E-state index < -0.39 is 0 Å². The Hall–Kier alpha value is -0.220. The Bertz CT molecular complexity index is 448. The fraction of sp³-hybridized carbons (Fsp3) is 0.600. The summed E-state index contributed by atoms with van der Waals surface area (Å²) in [5.74, 6) is 1.17. The van der Waals surface area contributed by atoms with Crippen LogP contribution < -0.4 is 5.32 Å². The Morgan fingerprint density at radius 3 is 3.11 bits per heavy atom. The molecule has 104 valence electrons. The molecule has 3 rings (SSSR count). The van der Waals surface area contributed by atoms with Crippen LogP contribution in [0.3, 0.4) is 0 Å². The average Bonchev–Trinajstić information content (AvgIpc) is 2.93. The minimum absolute atomic E-state index is 0.372. The van der Waals surface area contributed by atoms with Crippen LogP contribution in [0.25, 0.3) is 0 Å². The lowest BCUT2D eigenvalue weighted by Crippen LogP contribution is -2.40. The molecule has 1 fully saturated rings. The van der Waals surface area contributed by atoms with E-state index in [1.54, 1.807) is 0 Å². The zero-order valence-electron chi connectivity index (χ0n) is 11.2. The molecule has 0 aromatic heterocycles. The number of hydrogen-bond acceptors (Lipinski definition) is 3. The molecule has 0 bridgehead atoms. The lowest BCUT2D eigenvalue weighted by Gasteiger charge is -2.31. The van der Waals surface area contributed by atoms with Gasteiger partial charge in [0.15, 0.2) is 0 Å². The molecule has 2 aliphatic rings. The minimum atomic E-state index is 0.372. The van der Waals surface area contributed by atoms with Crippen molar-refractivity contribution in [3.8, 4) is 0 Å². The lowest BCUT2D eigenvalue weighted by molar-refractivity contribution is 0.0793. The largest absolute Gasteiger partial charge is 0.377 e. The van der Waals surface area contributed by atoms with Crippen molar-refractivity contribution in [1.29, 1.82) is 0 Å². The van der Waals surface area contributed by atoms with Crippen molar-refractivity contribution < 1.29 is 4.74 Å². The maximum Gasteiger partial charge on any atom is 0.0726 e. The molecule has 1 saturated heterocycles. The molecule has 2 aliphatic heterocycles.